The number of aromatic nitrogens is 1. The van der Waals surface area contributed by atoms with Crippen LogP contribution in [0.15, 0.2) is 76.2 Å². The SMILES string of the molecule is O=C(Oc1ccc(-c2cc(=O)c3[c]c[c]cc3o2)cc1)c1cccnc1. The Kier molecular flexibility index (Phi) is 4.03. The molecule has 0 aliphatic rings. The van der Waals surface area contributed by atoms with Gasteiger partial charge in [0.2, 0.25) is 0 Å². The Balaban J connectivity index is 1.60. The van der Waals surface area contributed by atoms with Crippen LogP contribution in [0.1, 0.15) is 10.4 Å². The van der Waals surface area contributed by atoms with Gasteiger partial charge < -0.3 is 9.15 Å². The molecule has 0 fully saturated rings. The molecule has 2 aromatic carbocycles. The summed E-state index contributed by atoms with van der Waals surface area (Å²) in [5.74, 6) is 0.308. The van der Waals surface area contributed by atoms with Gasteiger partial charge >= 0.3 is 5.97 Å². The molecule has 4 aromatic rings. The second-order valence-electron chi connectivity index (χ2n) is 5.47. The van der Waals surface area contributed by atoms with E-state index in [1.165, 1.54) is 12.3 Å². The fraction of sp³-hybridized carbons (Fsp3) is 0. The van der Waals surface area contributed by atoms with E-state index in [-0.39, 0.29) is 5.43 Å². The van der Waals surface area contributed by atoms with Crippen LogP contribution in [-0.2, 0) is 0 Å². The predicted octanol–water partition coefficient (Wildman–Crippen LogP) is 3.67. The molecule has 2 radical (unpaired) electrons. The van der Waals surface area contributed by atoms with Crippen molar-refractivity contribution in [2.45, 2.75) is 0 Å². The van der Waals surface area contributed by atoms with E-state index in [9.17, 15) is 9.59 Å². The maximum absolute atomic E-state index is 12.2. The number of hydrogen-bond donors (Lipinski definition) is 0. The van der Waals surface area contributed by atoms with Crippen LogP contribution in [0.25, 0.3) is 22.3 Å². The standard InChI is InChI=1S/C21H11NO4/c23-18-12-20(26-19-6-2-1-5-17(18)19)14-7-9-16(10-8-14)25-21(24)15-4-3-11-22-13-15/h1,3-4,6-13H. The molecule has 0 saturated heterocycles. The third-order valence-electron chi connectivity index (χ3n) is 3.74. The molecule has 4 rings (SSSR count). The summed E-state index contributed by atoms with van der Waals surface area (Å²) in [6, 6.07) is 20.2. The van der Waals surface area contributed by atoms with Crippen molar-refractivity contribution in [3.05, 3.63) is 94.9 Å². The van der Waals surface area contributed by atoms with Gasteiger partial charge in [0.15, 0.2) is 5.43 Å². The van der Waals surface area contributed by atoms with Crippen molar-refractivity contribution >= 4 is 16.9 Å². The van der Waals surface area contributed by atoms with E-state index in [1.807, 2.05) is 0 Å². The van der Waals surface area contributed by atoms with Crippen molar-refractivity contribution < 1.29 is 13.9 Å². The van der Waals surface area contributed by atoms with Crippen LogP contribution >= 0.6 is 0 Å². The van der Waals surface area contributed by atoms with Gasteiger partial charge in [0.25, 0.3) is 0 Å². The number of ether oxygens (including phenoxy) is 1. The number of rotatable bonds is 3. The van der Waals surface area contributed by atoms with Gasteiger partial charge in [-0.2, -0.15) is 0 Å². The molecule has 5 heteroatoms. The zero-order valence-electron chi connectivity index (χ0n) is 13.4. The summed E-state index contributed by atoms with van der Waals surface area (Å²) in [4.78, 5) is 28.1. The Morgan fingerprint density at radius 1 is 1.15 bits per heavy atom. The third kappa shape index (κ3) is 3.10. The first kappa shape index (κ1) is 15.8. The minimum Gasteiger partial charge on any atom is -0.456 e. The molecule has 5 nitrogen and oxygen atoms in total. The molecule has 2 aromatic heterocycles. The van der Waals surface area contributed by atoms with Crippen LogP contribution in [0.3, 0.4) is 0 Å². The number of benzene rings is 2. The minimum atomic E-state index is -0.492. The monoisotopic (exact) mass is 341 g/mol. The van der Waals surface area contributed by atoms with Crippen molar-refractivity contribution in [2.24, 2.45) is 0 Å². The van der Waals surface area contributed by atoms with Crippen molar-refractivity contribution in [3.63, 3.8) is 0 Å². The molecular formula is C21H11NO4. The molecule has 2 heterocycles. The summed E-state index contributed by atoms with van der Waals surface area (Å²) >= 11 is 0. The average molecular weight is 341 g/mol. The highest BCUT2D eigenvalue weighted by atomic mass is 16.5. The zero-order valence-corrected chi connectivity index (χ0v) is 13.4. The van der Waals surface area contributed by atoms with E-state index in [2.05, 4.69) is 17.1 Å². The number of nitrogens with zero attached hydrogens (tertiary/aromatic N) is 1. The summed E-state index contributed by atoms with van der Waals surface area (Å²) in [5, 5.41) is 0.384. The maximum atomic E-state index is 12.2. The van der Waals surface area contributed by atoms with Crippen LogP contribution in [0, 0.1) is 12.1 Å². The number of esters is 1. The van der Waals surface area contributed by atoms with Crippen LogP contribution in [0.4, 0.5) is 0 Å². The summed E-state index contributed by atoms with van der Waals surface area (Å²) in [6.07, 6.45) is 3.02. The first-order chi connectivity index (χ1) is 12.7. The summed E-state index contributed by atoms with van der Waals surface area (Å²) < 4.78 is 11.0. The van der Waals surface area contributed by atoms with Gasteiger partial charge in [-0.15, -0.1) is 0 Å². The number of carbonyl (C=O) groups is 1. The number of hydrogen-bond acceptors (Lipinski definition) is 5. The second kappa shape index (κ2) is 6.64. The van der Waals surface area contributed by atoms with E-state index >= 15 is 0 Å². The summed E-state index contributed by atoms with van der Waals surface area (Å²) in [6.45, 7) is 0. The van der Waals surface area contributed by atoms with Crippen LogP contribution in [0.5, 0.6) is 5.75 Å². The highest BCUT2D eigenvalue weighted by Crippen LogP contribution is 2.24. The van der Waals surface area contributed by atoms with Gasteiger partial charge in [-0.05, 0) is 60.7 Å². The molecule has 124 valence electrons. The van der Waals surface area contributed by atoms with Gasteiger partial charge in [0, 0.05) is 24.0 Å². The highest BCUT2D eigenvalue weighted by Gasteiger charge is 2.10. The third-order valence-corrected chi connectivity index (χ3v) is 3.74. The van der Waals surface area contributed by atoms with E-state index in [1.54, 1.807) is 54.7 Å². The molecular weight excluding hydrogens is 330 g/mol. The number of carbonyl (C=O) groups excluding carboxylic acids is 1. The Morgan fingerprint density at radius 2 is 2.00 bits per heavy atom. The molecule has 0 aliphatic carbocycles. The van der Waals surface area contributed by atoms with Gasteiger partial charge in [0.1, 0.15) is 17.1 Å². The Labute approximate surface area is 148 Å². The predicted molar refractivity (Wildman–Crippen MR) is 94.8 cm³/mol. The van der Waals surface area contributed by atoms with Gasteiger partial charge in [-0.3, -0.25) is 9.78 Å². The fourth-order valence-electron chi connectivity index (χ4n) is 2.47. The first-order valence-electron chi connectivity index (χ1n) is 7.79. The van der Waals surface area contributed by atoms with Gasteiger partial charge in [-0.25, -0.2) is 4.79 Å². The molecule has 0 spiro atoms. The van der Waals surface area contributed by atoms with E-state index < -0.39 is 5.97 Å². The van der Waals surface area contributed by atoms with Gasteiger partial charge in [-0.1, -0.05) is 0 Å². The van der Waals surface area contributed by atoms with Crippen LogP contribution in [-0.4, -0.2) is 11.0 Å². The topological polar surface area (TPSA) is 69.4 Å². The zero-order chi connectivity index (χ0) is 17.9. The molecule has 0 amide bonds. The molecule has 0 saturated carbocycles. The molecule has 0 bridgehead atoms. The van der Waals surface area contributed by atoms with E-state index in [0.29, 0.717) is 33.6 Å². The largest absolute Gasteiger partial charge is 0.456 e. The highest BCUT2D eigenvalue weighted by molar-refractivity contribution is 5.90. The van der Waals surface area contributed by atoms with Crippen molar-refractivity contribution in [3.8, 4) is 17.1 Å². The van der Waals surface area contributed by atoms with Gasteiger partial charge in [0.05, 0.1) is 10.9 Å². The van der Waals surface area contributed by atoms with Crippen molar-refractivity contribution in [1.82, 2.24) is 4.98 Å². The van der Waals surface area contributed by atoms with Crippen LogP contribution < -0.4 is 10.2 Å². The fourth-order valence-corrected chi connectivity index (χ4v) is 2.47. The molecule has 0 N–H and O–H groups in total. The van der Waals surface area contributed by atoms with E-state index in [0.717, 1.165) is 0 Å². The maximum Gasteiger partial charge on any atom is 0.345 e. The van der Waals surface area contributed by atoms with E-state index in [4.69, 9.17) is 9.15 Å². The lowest BCUT2D eigenvalue weighted by molar-refractivity contribution is 0.0734. The van der Waals surface area contributed by atoms with Crippen molar-refractivity contribution in [2.75, 3.05) is 0 Å². The lowest BCUT2D eigenvalue weighted by atomic mass is 10.1. The average Bonchev–Trinajstić information content (AvgIpc) is 2.69. The quantitative estimate of drug-likeness (QED) is 0.420. The second-order valence-corrected chi connectivity index (χ2v) is 5.47. The number of pyridine rings is 1. The summed E-state index contributed by atoms with van der Waals surface area (Å²) in [7, 11) is 0. The van der Waals surface area contributed by atoms with Crippen molar-refractivity contribution in [1.29, 1.82) is 0 Å². The minimum absolute atomic E-state index is 0.178. The Bertz CT molecular complexity index is 1130. The van der Waals surface area contributed by atoms with Crippen LogP contribution in [0.2, 0.25) is 0 Å². The molecule has 0 unspecified atom stereocenters. The Morgan fingerprint density at radius 3 is 2.77 bits per heavy atom. The summed E-state index contributed by atoms with van der Waals surface area (Å²) in [5.41, 5.74) is 1.29. The molecule has 0 atom stereocenters. The smallest absolute Gasteiger partial charge is 0.345 e. The lowest BCUT2D eigenvalue weighted by Gasteiger charge is -2.06. The molecule has 26 heavy (non-hydrogen) atoms. The number of fused-ring (bicyclic) bond motifs is 1. The Hall–Kier alpha value is -3.73. The normalized spacial score (nSPS) is 10.6. The lowest BCUT2D eigenvalue weighted by Crippen LogP contribution is -2.08. The molecule has 0 aliphatic heterocycles. The first-order valence-corrected chi connectivity index (χ1v) is 7.79.